The summed E-state index contributed by atoms with van der Waals surface area (Å²) in [5.41, 5.74) is 2.80. The van der Waals surface area contributed by atoms with Crippen LogP contribution < -0.4 is 0 Å². The molecule has 1 saturated heterocycles. The lowest BCUT2D eigenvalue weighted by Crippen LogP contribution is -2.63. The van der Waals surface area contributed by atoms with Crippen molar-refractivity contribution < 1.29 is 9.90 Å². The predicted molar refractivity (Wildman–Crippen MR) is 81.4 cm³/mol. The number of β-amino-alcohol motifs (C(OH)–C–C–N with tert-alkyl or cyclic N) is 1. The van der Waals surface area contributed by atoms with Crippen LogP contribution in [-0.4, -0.2) is 34.6 Å². The number of carbonyl (C=O) groups excluding carboxylic acids is 1. The first-order valence-corrected chi connectivity index (χ1v) is 7.20. The number of aryl methyl sites for hydroxylation is 2. The van der Waals surface area contributed by atoms with Gasteiger partial charge in [0, 0.05) is 6.08 Å². The zero-order chi connectivity index (χ0) is 14.8. The van der Waals surface area contributed by atoms with E-state index in [2.05, 4.69) is 13.0 Å². The first kappa shape index (κ1) is 14.8. The minimum atomic E-state index is -0.655. The number of aliphatic hydroxyl groups is 1. The molecule has 0 unspecified atom stereocenters. The Bertz CT molecular complexity index is 528. The molecular weight excluding hydrogens is 250 g/mol. The van der Waals surface area contributed by atoms with Crippen molar-refractivity contribution in [2.75, 3.05) is 13.1 Å². The van der Waals surface area contributed by atoms with Crippen LogP contribution in [0.5, 0.6) is 0 Å². The number of hydrogen-bond donors (Lipinski definition) is 1. The summed E-state index contributed by atoms with van der Waals surface area (Å²) in [6, 6.07) is 6.17. The normalized spacial score (nSPS) is 17.3. The maximum absolute atomic E-state index is 12.0. The number of carbonyl (C=O) groups is 1. The molecule has 1 N–H and O–H groups in total. The standard InChI is InChI=1S/C17H23NO2/c1-4-9-17(20)11-18(12-17)16(19)8-7-15-6-5-13(2)10-14(15)3/h5-8,10,20H,4,9,11-12H2,1-3H3. The molecule has 0 bridgehead atoms. The fraction of sp³-hybridized carbons (Fsp3) is 0.471. The van der Waals surface area contributed by atoms with Crippen LogP contribution in [0.15, 0.2) is 24.3 Å². The molecule has 1 heterocycles. The van der Waals surface area contributed by atoms with Gasteiger partial charge in [0.05, 0.1) is 18.7 Å². The van der Waals surface area contributed by atoms with Gasteiger partial charge in [0.25, 0.3) is 0 Å². The van der Waals surface area contributed by atoms with Crippen molar-refractivity contribution in [2.45, 2.75) is 39.2 Å². The Hall–Kier alpha value is -1.61. The highest BCUT2D eigenvalue weighted by molar-refractivity contribution is 5.92. The molecule has 1 aromatic rings. The van der Waals surface area contributed by atoms with Crippen LogP contribution in [0.25, 0.3) is 6.08 Å². The third-order valence-corrected chi connectivity index (χ3v) is 3.83. The Morgan fingerprint density at radius 1 is 1.40 bits per heavy atom. The molecule has 20 heavy (non-hydrogen) atoms. The van der Waals surface area contributed by atoms with E-state index in [0.717, 1.165) is 18.4 Å². The van der Waals surface area contributed by atoms with Gasteiger partial charge in [-0.05, 0) is 37.5 Å². The molecule has 1 amide bonds. The zero-order valence-corrected chi connectivity index (χ0v) is 12.5. The van der Waals surface area contributed by atoms with E-state index in [1.807, 2.05) is 32.1 Å². The van der Waals surface area contributed by atoms with Crippen LogP contribution in [-0.2, 0) is 4.79 Å². The molecule has 2 rings (SSSR count). The van der Waals surface area contributed by atoms with Crippen LogP contribution in [0.1, 0.15) is 36.5 Å². The van der Waals surface area contributed by atoms with Crippen molar-refractivity contribution in [3.8, 4) is 0 Å². The minimum absolute atomic E-state index is 0.0225. The third-order valence-electron chi connectivity index (χ3n) is 3.83. The van der Waals surface area contributed by atoms with E-state index >= 15 is 0 Å². The van der Waals surface area contributed by atoms with Crippen molar-refractivity contribution in [3.63, 3.8) is 0 Å². The Kier molecular flexibility index (Phi) is 4.29. The summed E-state index contributed by atoms with van der Waals surface area (Å²) in [5, 5.41) is 10.1. The minimum Gasteiger partial charge on any atom is -0.386 e. The fourth-order valence-corrected chi connectivity index (χ4v) is 2.72. The largest absolute Gasteiger partial charge is 0.386 e. The summed E-state index contributed by atoms with van der Waals surface area (Å²) in [4.78, 5) is 13.7. The van der Waals surface area contributed by atoms with Gasteiger partial charge in [-0.1, -0.05) is 37.1 Å². The Balaban J connectivity index is 1.94. The van der Waals surface area contributed by atoms with Crippen LogP contribution in [0.2, 0.25) is 0 Å². The molecule has 0 atom stereocenters. The highest BCUT2D eigenvalue weighted by Gasteiger charge is 2.41. The van der Waals surface area contributed by atoms with E-state index in [1.54, 1.807) is 11.0 Å². The molecule has 0 spiro atoms. The molecule has 0 saturated carbocycles. The Labute approximate surface area is 120 Å². The van der Waals surface area contributed by atoms with Crippen molar-refractivity contribution in [1.29, 1.82) is 0 Å². The number of rotatable bonds is 4. The fourth-order valence-electron chi connectivity index (χ4n) is 2.72. The molecular formula is C17H23NO2. The summed E-state index contributed by atoms with van der Waals surface area (Å²) >= 11 is 0. The molecule has 108 valence electrons. The second-order valence-corrected chi connectivity index (χ2v) is 5.86. The monoisotopic (exact) mass is 273 g/mol. The summed E-state index contributed by atoms with van der Waals surface area (Å²) in [5.74, 6) is -0.0225. The molecule has 3 heteroatoms. The SMILES string of the molecule is CCCC1(O)CN(C(=O)C=Cc2ccc(C)cc2C)C1. The van der Waals surface area contributed by atoms with Gasteiger partial charge in [-0.2, -0.15) is 0 Å². The maximum Gasteiger partial charge on any atom is 0.246 e. The molecule has 1 aromatic carbocycles. The lowest BCUT2D eigenvalue weighted by Gasteiger charge is -2.46. The second-order valence-electron chi connectivity index (χ2n) is 5.86. The first-order valence-electron chi connectivity index (χ1n) is 7.20. The number of hydrogen-bond acceptors (Lipinski definition) is 2. The average molecular weight is 273 g/mol. The van der Waals surface area contributed by atoms with Crippen molar-refractivity contribution in [2.24, 2.45) is 0 Å². The van der Waals surface area contributed by atoms with Gasteiger partial charge in [-0.3, -0.25) is 4.79 Å². The van der Waals surface area contributed by atoms with Crippen molar-refractivity contribution >= 4 is 12.0 Å². The zero-order valence-electron chi connectivity index (χ0n) is 12.5. The highest BCUT2D eigenvalue weighted by Crippen LogP contribution is 2.26. The quantitative estimate of drug-likeness (QED) is 0.857. The Morgan fingerprint density at radius 3 is 2.70 bits per heavy atom. The third kappa shape index (κ3) is 3.28. The Morgan fingerprint density at radius 2 is 2.10 bits per heavy atom. The lowest BCUT2D eigenvalue weighted by atomic mass is 9.89. The van der Waals surface area contributed by atoms with Gasteiger partial charge >= 0.3 is 0 Å². The molecule has 0 aliphatic carbocycles. The van der Waals surface area contributed by atoms with Gasteiger partial charge < -0.3 is 10.0 Å². The highest BCUT2D eigenvalue weighted by atomic mass is 16.3. The van der Waals surface area contributed by atoms with Crippen LogP contribution in [0, 0.1) is 13.8 Å². The van der Waals surface area contributed by atoms with Crippen molar-refractivity contribution in [1.82, 2.24) is 4.90 Å². The average Bonchev–Trinajstić information content (AvgIpc) is 2.34. The number of likely N-dealkylation sites (tertiary alicyclic amines) is 1. The summed E-state index contributed by atoms with van der Waals surface area (Å²) in [6.45, 7) is 7.05. The van der Waals surface area contributed by atoms with E-state index in [4.69, 9.17) is 0 Å². The number of nitrogens with zero attached hydrogens (tertiary/aromatic N) is 1. The second kappa shape index (κ2) is 5.80. The van der Waals surface area contributed by atoms with E-state index in [0.29, 0.717) is 13.1 Å². The van der Waals surface area contributed by atoms with Gasteiger partial charge in [0.2, 0.25) is 5.91 Å². The van der Waals surface area contributed by atoms with Crippen LogP contribution in [0.3, 0.4) is 0 Å². The summed E-state index contributed by atoms with van der Waals surface area (Å²) in [6.07, 6.45) is 5.16. The van der Waals surface area contributed by atoms with Crippen LogP contribution >= 0.6 is 0 Å². The lowest BCUT2D eigenvalue weighted by molar-refractivity contribution is -0.151. The number of benzene rings is 1. The topological polar surface area (TPSA) is 40.5 Å². The van der Waals surface area contributed by atoms with Gasteiger partial charge in [-0.25, -0.2) is 0 Å². The summed E-state index contributed by atoms with van der Waals surface area (Å²) in [7, 11) is 0. The van der Waals surface area contributed by atoms with E-state index in [-0.39, 0.29) is 5.91 Å². The van der Waals surface area contributed by atoms with E-state index in [1.165, 1.54) is 11.1 Å². The van der Waals surface area contributed by atoms with Gasteiger partial charge in [0.15, 0.2) is 0 Å². The molecule has 0 aromatic heterocycles. The molecule has 0 radical (unpaired) electrons. The van der Waals surface area contributed by atoms with Gasteiger partial charge in [0.1, 0.15) is 0 Å². The predicted octanol–water partition coefficient (Wildman–Crippen LogP) is 2.69. The summed E-state index contributed by atoms with van der Waals surface area (Å²) < 4.78 is 0. The molecule has 1 aliphatic heterocycles. The van der Waals surface area contributed by atoms with E-state index < -0.39 is 5.60 Å². The maximum atomic E-state index is 12.0. The van der Waals surface area contributed by atoms with Crippen LogP contribution in [0.4, 0.5) is 0 Å². The molecule has 1 aliphatic rings. The van der Waals surface area contributed by atoms with Crippen molar-refractivity contribution in [3.05, 3.63) is 41.0 Å². The van der Waals surface area contributed by atoms with Gasteiger partial charge in [-0.15, -0.1) is 0 Å². The van der Waals surface area contributed by atoms with E-state index in [9.17, 15) is 9.90 Å². The first-order chi connectivity index (χ1) is 9.43. The molecule has 1 fully saturated rings. The number of amides is 1. The molecule has 3 nitrogen and oxygen atoms in total. The smallest absolute Gasteiger partial charge is 0.246 e.